The van der Waals surface area contributed by atoms with E-state index in [1.807, 2.05) is 92.5 Å². The van der Waals surface area contributed by atoms with Crippen molar-refractivity contribution in [2.45, 2.75) is 19.9 Å². The molecule has 0 radical (unpaired) electrons. The highest BCUT2D eigenvalue weighted by Gasteiger charge is 2.24. The predicted octanol–water partition coefficient (Wildman–Crippen LogP) is 3.54. The molecule has 0 aliphatic carbocycles. The molecule has 0 saturated carbocycles. The van der Waals surface area contributed by atoms with Gasteiger partial charge >= 0.3 is 5.91 Å². The van der Waals surface area contributed by atoms with Crippen molar-refractivity contribution in [1.82, 2.24) is 4.90 Å². The summed E-state index contributed by atoms with van der Waals surface area (Å²) in [6.45, 7) is 4.02. The molecule has 2 aromatic rings. The van der Waals surface area contributed by atoms with Crippen LogP contribution >= 0.6 is 0 Å². The smallest absolute Gasteiger partial charge is 0.241 e. The van der Waals surface area contributed by atoms with Gasteiger partial charge in [-0.15, -0.1) is 0 Å². The Morgan fingerprint density at radius 2 is 1.52 bits per heavy atom. The summed E-state index contributed by atoms with van der Waals surface area (Å²) in [5.74, 6) is 0.00776. The van der Waals surface area contributed by atoms with Crippen LogP contribution in [0.1, 0.15) is 24.2 Å². The van der Waals surface area contributed by atoms with Gasteiger partial charge in [-0.3, -0.25) is 0 Å². The lowest BCUT2D eigenvalue weighted by Crippen LogP contribution is -2.38. The van der Waals surface area contributed by atoms with Gasteiger partial charge in [0.2, 0.25) is 6.34 Å². The van der Waals surface area contributed by atoms with Crippen molar-refractivity contribution in [2.24, 2.45) is 0 Å². The van der Waals surface area contributed by atoms with Gasteiger partial charge in [0.1, 0.15) is 5.69 Å². The average Bonchev–Trinajstić information content (AvgIpc) is 2.53. The van der Waals surface area contributed by atoms with Crippen LogP contribution in [0.3, 0.4) is 0 Å². The Bertz CT molecular complexity index is 618. The number of para-hydroxylation sites is 1. The molecule has 3 heteroatoms. The molecule has 0 saturated heterocycles. The lowest BCUT2D eigenvalue weighted by Gasteiger charge is -2.16. The Labute approximate surface area is 126 Å². The number of nitrogens with zero attached hydrogens (tertiary/aromatic N) is 2. The average molecular weight is 281 g/mol. The minimum Gasteiger partial charge on any atom is -0.241 e. The van der Waals surface area contributed by atoms with Gasteiger partial charge in [-0.1, -0.05) is 36.4 Å². The van der Waals surface area contributed by atoms with E-state index in [1.165, 1.54) is 0 Å². The van der Waals surface area contributed by atoms with Crippen molar-refractivity contribution in [3.05, 3.63) is 66.2 Å². The van der Waals surface area contributed by atoms with Crippen molar-refractivity contribution >= 4 is 17.9 Å². The van der Waals surface area contributed by atoms with Crippen LogP contribution in [-0.2, 0) is 0 Å². The summed E-state index contributed by atoms with van der Waals surface area (Å²) in [4.78, 5) is 14.4. The molecule has 0 bridgehead atoms. The number of hydrogen-bond donors (Lipinski definition) is 0. The molecule has 0 heterocycles. The van der Waals surface area contributed by atoms with Crippen molar-refractivity contribution in [3.8, 4) is 0 Å². The zero-order valence-corrected chi connectivity index (χ0v) is 12.7. The van der Waals surface area contributed by atoms with E-state index in [2.05, 4.69) is 0 Å². The van der Waals surface area contributed by atoms with E-state index in [4.69, 9.17) is 0 Å². The Balaban J connectivity index is 2.30. The summed E-state index contributed by atoms with van der Waals surface area (Å²) in [7, 11) is 1.95. The monoisotopic (exact) mass is 281 g/mol. The van der Waals surface area contributed by atoms with Gasteiger partial charge in [0.05, 0.1) is 18.7 Å². The highest BCUT2D eigenvalue weighted by atomic mass is 16.2. The quantitative estimate of drug-likeness (QED) is 0.477. The summed E-state index contributed by atoms with van der Waals surface area (Å²) >= 11 is 0. The first-order valence-electron chi connectivity index (χ1n) is 7.10. The molecule has 0 aliphatic rings. The molecule has 0 atom stereocenters. The van der Waals surface area contributed by atoms with Gasteiger partial charge in [-0.05, 0) is 38.1 Å². The first-order valence-corrected chi connectivity index (χ1v) is 7.10. The molecule has 3 nitrogen and oxygen atoms in total. The normalized spacial score (nSPS) is 11.5. The third-order valence-corrected chi connectivity index (χ3v) is 3.27. The van der Waals surface area contributed by atoms with Crippen LogP contribution in [0.25, 0.3) is 0 Å². The third-order valence-electron chi connectivity index (χ3n) is 3.27. The number of benzene rings is 2. The van der Waals surface area contributed by atoms with Crippen molar-refractivity contribution in [1.29, 1.82) is 0 Å². The molecular weight excluding hydrogens is 260 g/mol. The number of hydrogen-bond acceptors (Lipinski definition) is 1. The molecule has 0 unspecified atom stereocenters. The van der Waals surface area contributed by atoms with Gasteiger partial charge in [0.25, 0.3) is 0 Å². The second-order valence-corrected chi connectivity index (χ2v) is 5.23. The van der Waals surface area contributed by atoms with Gasteiger partial charge < -0.3 is 0 Å². The van der Waals surface area contributed by atoms with Gasteiger partial charge in [0.15, 0.2) is 0 Å². The number of rotatable bonds is 4. The third kappa shape index (κ3) is 3.78. The van der Waals surface area contributed by atoms with E-state index >= 15 is 0 Å². The maximum absolute atomic E-state index is 12.6. The predicted molar refractivity (Wildman–Crippen MR) is 86.1 cm³/mol. The van der Waals surface area contributed by atoms with E-state index in [9.17, 15) is 4.79 Å². The van der Waals surface area contributed by atoms with Crippen LogP contribution in [0.15, 0.2) is 60.7 Å². The lowest BCUT2D eigenvalue weighted by molar-refractivity contribution is -0.404. The van der Waals surface area contributed by atoms with Crippen LogP contribution in [-0.4, -0.2) is 34.8 Å². The van der Waals surface area contributed by atoms with Crippen LogP contribution in [0, 0.1) is 0 Å². The molecule has 2 rings (SSSR count). The summed E-state index contributed by atoms with van der Waals surface area (Å²) in [5, 5.41) is 0. The standard InChI is InChI=1S/C18H21N2O/c1-15(2)20(18(21)16-10-6-4-7-11-16)14-19(3)17-12-8-5-9-13-17/h4-15H,1-3H3/q+1. The van der Waals surface area contributed by atoms with E-state index < -0.39 is 0 Å². The Kier molecular flexibility index (Phi) is 4.88. The van der Waals surface area contributed by atoms with Crippen molar-refractivity contribution in [2.75, 3.05) is 7.05 Å². The molecule has 1 amide bonds. The van der Waals surface area contributed by atoms with Crippen LogP contribution in [0.4, 0.5) is 5.69 Å². The second kappa shape index (κ2) is 6.84. The number of amides is 1. The lowest BCUT2D eigenvalue weighted by atomic mass is 10.2. The summed E-state index contributed by atoms with van der Waals surface area (Å²) in [5.41, 5.74) is 1.74. The molecule has 0 aliphatic heterocycles. The van der Waals surface area contributed by atoms with Gasteiger partial charge in [-0.25, -0.2) is 9.37 Å². The molecule has 108 valence electrons. The van der Waals surface area contributed by atoms with E-state index in [1.54, 1.807) is 4.90 Å². The fourth-order valence-electron chi connectivity index (χ4n) is 2.07. The Hall–Kier alpha value is -2.42. The van der Waals surface area contributed by atoms with Crippen LogP contribution < -0.4 is 0 Å². The van der Waals surface area contributed by atoms with E-state index in [0.717, 1.165) is 5.69 Å². The fourth-order valence-corrected chi connectivity index (χ4v) is 2.07. The minimum atomic E-state index is 0.00776. The molecule has 2 aromatic carbocycles. The second-order valence-electron chi connectivity index (χ2n) is 5.23. The first-order chi connectivity index (χ1) is 10.1. The first kappa shape index (κ1) is 15.0. The molecule has 0 N–H and O–H groups in total. The van der Waals surface area contributed by atoms with Gasteiger partial charge in [-0.2, -0.15) is 4.90 Å². The Morgan fingerprint density at radius 1 is 1.00 bits per heavy atom. The summed E-state index contributed by atoms with van der Waals surface area (Å²) in [6, 6.07) is 19.4. The Morgan fingerprint density at radius 3 is 2.05 bits per heavy atom. The maximum Gasteiger partial charge on any atom is 0.340 e. The topological polar surface area (TPSA) is 23.3 Å². The fraction of sp³-hybridized carbons (Fsp3) is 0.222. The molecular formula is C18H21N2O+. The van der Waals surface area contributed by atoms with Crippen LogP contribution in [0.2, 0.25) is 0 Å². The molecule has 0 aromatic heterocycles. The largest absolute Gasteiger partial charge is 0.340 e. The molecule has 0 fully saturated rings. The van der Waals surface area contributed by atoms with E-state index in [0.29, 0.717) is 5.56 Å². The highest BCUT2D eigenvalue weighted by molar-refractivity contribution is 6.00. The van der Waals surface area contributed by atoms with Crippen molar-refractivity contribution in [3.63, 3.8) is 0 Å². The minimum absolute atomic E-state index is 0.00776. The number of carbonyl (C=O) groups is 1. The van der Waals surface area contributed by atoms with Gasteiger partial charge in [0, 0.05) is 0 Å². The van der Waals surface area contributed by atoms with Crippen molar-refractivity contribution < 1.29 is 9.37 Å². The summed E-state index contributed by atoms with van der Waals surface area (Å²) in [6.07, 6.45) is 1.86. The molecule has 21 heavy (non-hydrogen) atoms. The zero-order chi connectivity index (χ0) is 15.2. The summed E-state index contributed by atoms with van der Waals surface area (Å²) < 4.78 is 1.96. The maximum atomic E-state index is 12.6. The van der Waals surface area contributed by atoms with Crippen LogP contribution in [0.5, 0.6) is 0 Å². The van der Waals surface area contributed by atoms with E-state index in [-0.39, 0.29) is 11.9 Å². The zero-order valence-electron chi connectivity index (χ0n) is 12.7. The highest BCUT2D eigenvalue weighted by Crippen LogP contribution is 2.10. The number of carbonyl (C=O) groups excluding carboxylic acids is 1. The SMILES string of the molecule is CC(C)N(C=[N+](C)c1ccccc1)C(=O)c1ccccc1. The molecule has 0 spiro atoms.